The largest absolute Gasteiger partial charge is 0.497 e. The number of pyridine rings is 1. The quantitative estimate of drug-likeness (QED) is 0.515. The fourth-order valence-corrected chi connectivity index (χ4v) is 2.94. The summed E-state index contributed by atoms with van der Waals surface area (Å²) in [5, 5.41) is 0.363. The van der Waals surface area contributed by atoms with E-state index >= 15 is 0 Å². The van der Waals surface area contributed by atoms with Crippen LogP contribution in [0, 0.1) is 0 Å². The number of nitrogens with zero attached hydrogens (tertiary/aromatic N) is 1. The number of aromatic nitrogens is 1. The minimum atomic E-state index is -0.423. The molecule has 2 aromatic heterocycles. The number of carbonyl (C=O) groups excluding carboxylic acids is 1. The zero-order chi connectivity index (χ0) is 18.8. The Hall–Kier alpha value is -3.73. The van der Waals surface area contributed by atoms with Crippen LogP contribution in [0.1, 0.15) is 15.9 Å². The molecule has 0 atom stereocenters. The zero-order valence-electron chi connectivity index (χ0n) is 14.5. The van der Waals surface area contributed by atoms with Crippen LogP contribution in [0.5, 0.6) is 5.75 Å². The number of hydrogen-bond donors (Lipinski definition) is 0. The van der Waals surface area contributed by atoms with Gasteiger partial charge in [-0.15, -0.1) is 0 Å². The maximum Gasteiger partial charge on any atom is 0.204 e. The van der Waals surface area contributed by atoms with Crippen LogP contribution in [0.25, 0.3) is 22.3 Å². The predicted octanol–water partition coefficient (Wildman–Crippen LogP) is 4.09. The van der Waals surface area contributed by atoms with Gasteiger partial charge in [-0.05, 0) is 48.5 Å². The van der Waals surface area contributed by atoms with E-state index in [1.54, 1.807) is 74.0 Å². The summed E-state index contributed by atoms with van der Waals surface area (Å²) in [6.07, 6.45) is 3.01. The first-order valence-electron chi connectivity index (χ1n) is 8.34. The van der Waals surface area contributed by atoms with Crippen LogP contribution in [0.15, 0.2) is 82.3 Å². The molecule has 27 heavy (non-hydrogen) atoms. The van der Waals surface area contributed by atoms with Gasteiger partial charge in [-0.2, -0.15) is 0 Å². The molecule has 0 aliphatic rings. The van der Waals surface area contributed by atoms with Crippen molar-refractivity contribution in [1.82, 2.24) is 4.98 Å². The Balaban J connectivity index is 2.01. The first-order valence-corrected chi connectivity index (χ1v) is 8.34. The SMILES string of the molecule is COc1ccc(-c2oc3ccccc3c(=O)c2C(=O)c2cccnc2)cc1. The molecule has 0 saturated carbocycles. The number of para-hydroxylation sites is 1. The summed E-state index contributed by atoms with van der Waals surface area (Å²) in [5.74, 6) is 0.477. The van der Waals surface area contributed by atoms with Crippen LogP contribution in [-0.2, 0) is 0 Å². The second-order valence-electron chi connectivity index (χ2n) is 5.93. The van der Waals surface area contributed by atoms with Crippen LogP contribution in [0.4, 0.5) is 0 Å². The Morgan fingerprint density at radius 1 is 1.00 bits per heavy atom. The van der Waals surface area contributed by atoms with Gasteiger partial charge in [0.25, 0.3) is 0 Å². The molecule has 0 amide bonds. The Morgan fingerprint density at radius 2 is 1.78 bits per heavy atom. The van der Waals surface area contributed by atoms with Gasteiger partial charge in [0.2, 0.25) is 11.2 Å². The Kier molecular flexibility index (Phi) is 4.26. The lowest BCUT2D eigenvalue weighted by Gasteiger charge is -2.10. The van der Waals surface area contributed by atoms with E-state index in [0.717, 1.165) is 0 Å². The van der Waals surface area contributed by atoms with Crippen molar-refractivity contribution in [1.29, 1.82) is 0 Å². The lowest BCUT2D eigenvalue weighted by Crippen LogP contribution is -2.18. The highest BCUT2D eigenvalue weighted by Gasteiger charge is 2.23. The summed E-state index contributed by atoms with van der Waals surface area (Å²) < 4.78 is 11.2. The molecule has 2 heterocycles. The summed E-state index contributed by atoms with van der Waals surface area (Å²) in [4.78, 5) is 30.2. The summed E-state index contributed by atoms with van der Waals surface area (Å²) in [6.45, 7) is 0. The summed E-state index contributed by atoms with van der Waals surface area (Å²) >= 11 is 0. The maximum atomic E-state index is 13.1. The van der Waals surface area contributed by atoms with Crippen LogP contribution in [0.3, 0.4) is 0 Å². The topological polar surface area (TPSA) is 69.4 Å². The molecule has 0 spiro atoms. The van der Waals surface area contributed by atoms with Crippen molar-refractivity contribution in [3.05, 3.63) is 94.4 Å². The van der Waals surface area contributed by atoms with E-state index in [-0.39, 0.29) is 16.8 Å². The normalized spacial score (nSPS) is 10.7. The molecule has 0 unspecified atom stereocenters. The van der Waals surface area contributed by atoms with Gasteiger partial charge >= 0.3 is 0 Å². The van der Waals surface area contributed by atoms with E-state index in [1.165, 1.54) is 6.20 Å². The molecule has 2 aromatic carbocycles. The van der Waals surface area contributed by atoms with Crippen molar-refractivity contribution < 1.29 is 13.9 Å². The summed E-state index contributed by atoms with van der Waals surface area (Å²) in [7, 11) is 1.57. The monoisotopic (exact) mass is 357 g/mol. The van der Waals surface area contributed by atoms with Gasteiger partial charge in [0, 0.05) is 23.5 Å². The summed E-state index contributed by atoms with van der Waals surface area (Å²) in [5.41, 5.74) is 1.00. The third-order valence-electron chi connectivity index (χ3n) is 4.30. The van der Waals surface area contributed by atoms with Crippen molar-refractivity contribution in [2.75, 3.05) is 7.11 Å². The Labute approximate surface area is 154 Å². The average Bonchev–Trinajstić information content (AvgIpc) is 2.74. The van der Waals surface area contributed by atoms with Crippen LogP contribution in [0.2, 0.25) is 0 Å². The number of fused-ring (bicyclic) bond motifs is 1. The molecule has 5 heteroatoms. The van der Waals surface area contributed by atoms with Gasteiger partial charge in [-0.25, -0.2) is 0 Å². The molecular formula is C22H15NO4. The lowest BCUT2D eigenvalue weighted by molar-refractivity contribution is 0.103. The fraction of sp³-hybridized carbons (Fsp3) is 0.0455. The van der Waals surface area contributed by atoms with E-state index in [1.807, 2.05) is 0 Å². The summed E-state index contributed by atoms with van der Waals surface area (Å²) in [6, 6.07) is 17.2. The van der Waals surface area contributed by atoms with Crippen LogP contribution < -0.4 is 10.2 Å². The van der Waals surface area contributed by atoms with Crippen molar-refractivity contribution >= 4 is 16.8 Å². The zero-order valence-corrected chi connectivity index (χ0v) is 14.5. The van der Waals surface area contributed by atoms with Crippen molar-refractivity contribution in [2.45, 2.75) is 0 Å². The average molecular weight is 357 g/mol. The van der Waals surface area contributed by atoms with Gasteiger partial charge in [-0.1, -0.05) is 12.1 Å². The number of ether oxygens (including phenoxy) is 1. The van der Waals surface area contributed by atoms with E-state index in [4.69, 9.17) is 9.15 Å². The highest BCUT2D eigenvalue weighted by atomic mass is 16.5. The van der Waals surface area contributed by atoms with E-state index < -0.39 is 5.78 Å². The molecular weight excluding hydrogens is 342 g/mol. The smallest absolute Gasteiger partial charge is 0.204 e. The van der Waals surface area contributed by atoms with Crippen LogP contribution in [-0.4, -0.2) is 17.9 Å². The van der Waals surface area contributed by atoms with Gasteiger partial charge in [0.05, 0.1) is 12.5 Å². The molecule has 4 rings (SSSR count). The fourth-order valence-electron chi connectivity index (χ4n) is 2.94. The number of methoxy groups -OCH3 is 1. The van der Waals surface area contributed by atoms with Crippen molar-refractivity contribution in [2.24, 2.45) is 0 Å². The minimum absolute atomic E-state index is 0.00753. The molecule has 0 radical (unpaired) electrons. The number of benzene rings is 2. The number of carbonyl (C=O) groups is 1. The highest BCUT2D eigenvalue weighted by Crippen LogP contribution is 2.28. The molecule has 0 saturated heterocycles. The second kappa shape index (κ2) is 6.88. The highest BCUT2D eigenvalue weighted by molar-refractivity contribution is 6.13. The van der Waals surface area contributed by atoms with Crippen LogP contribution >= 0.6 is 0 Å². The maximum absolute atomic E-state index is 13.1. The molecule has 0 aliphatic heterocycles. The molecule has 0 N–H and O–H groups in total. The van der Waals surface area contributed by atoms with Gasteiger partial charge < -0.3 is 9.15 Å². The number of hydrogen-bond acceptors (Lipinski definition) is 5. The van der Waals surface area contributed by atoms with Gasteiger partial charge in [-0.3, -0.25) is 14.6 Å². The third kappa shape index (κ3) is 3.00. The Morgan fingerprint density at radius 3 is 2.48 bits per heavy atom. The van der Waals surface area contributed by atoms with E-state index in [2.05, 4.69) is 4.98 Å². The minimum Gasteiger partial charge on any atom is -0.497 e. The second-order valence-corrected chi connectivity index (χ2v) is 5.93. The van der Waals surface area contributed by atoms with Crippen molar-refractivity contribution in [3.63, 3.8) is 0 Å². The lowest BCUT2D eigenvalue weighted by atomic mass is 9.98. The van der Waals surface area contributed by atoms with Gasteiger partial charge in [0.1, 0.15) is 22.7 Å². The first-order chi connectivity index (χ1) is 13.2. The molecule has 0 fully saturated rings. The standard InChI is InChI=1S/C22H15NO4/c1-26-16-10-8-14(9-11-16)22-19(20(24)15-5-4-12-23-13-15)21(25)17-6-2-3-7-18(17)27-22/h2-13H,1H3. The molecule has 0 bridgehead atoms. The van der Waals surface area contributed by atoms with Crippen molar-refractivity contribution in [3.8, 4) is 17.1 Å². The Bertz CT molecular complexity index is 1180. The first kappa shape index (κ1) is 16.7. The molecule has 0 aliphatic carbocycles. The van der Waals surface area contributed by atoms with Gasteiger partial charge in [0.15, 0.2) is 0 Å². The third-order valence-corrected chi connectivity index (χ3v) is 4.30. The molecule has 5 nitrogen and oxygen atoms in total. The van der Waals surface area contributed by atoms with E-state index in [9.17, 15) is 9.59 Å². The predicted molar refractivity (Wildman–Crippen MR) is 102 cm³/mol. The number of ketones is 1. The molecule has 132 valence electrons. The molecule has 4 aromatic rings. The van der Waals surface area contributed by atoms with E-state index in [0.29, 0.717) is 27.8 Å². The number of rotatable bonds is 4.